The van der Waals surface area contributed by atoms with Gasteiger partial charge in [0.1, 0.15) is 6.10 Å². The monoisotopic (exact) mass is 237 g/mol. The first-order chi connectivity index (χ1) is 8.13. The van der Waals surface area contributed by atoms with Crippen LogP contribution in [0.25, 0.3) is 0 Å². The molecule has 0 aromatic carbocycles. The Balaban J connectivity index is 2.07. The SMILES string of the molecule is Cc1cc(OC(C)C)nc(OC2CCNC2)n1. The lowest BCUT2D eigenvalue weighted by molar-refractivity contribution is 0.191. The molecule has 17 heavy (non-hydrogen) atoms. The van der Waals surface area contributed by atoms with E-state index in [1.807, 2.05) is 26.8 Å². The van der Waals surface area contributed by atoms with Crippen LogP contribution in [0.1, 0.15) is 26.0 Å². The third-order valence-corrected chi connectivity index (χ3v) is 2.45. The molecule has 1 saturated heterocycles. The number of nitrogens with one attached hydrogen (secondary N) is 1. The van der Waals surface area contributed by atoms with Gasteiger partial charge in [-0.05, 0) is 33.7 Å². The Morgan fingerprint density at radius 3 is 2.88 bits per heavy atom. The first kappa shape index (κ1) is 12.1. The number of hydrogen-bond acceptors (Lipinski definition) is 5. The van der Waals surface area contributed by atoms with Gasteiger partial charge in [0.2, 0.25) is 5.88 Å². The lowest BCUT2D eigenvalue weighted by Crippen LogP contribution is -2.21. The number of aryl methyl sites for hydroxylation is 1. The van der Waals surface area contributed by atoms with Crippen LogP contribution < -0.4 is 14.8 Å². The fourth-order valence-electron chi connectivity index (χ4n) is 1.75. The van der Waals surface area contributed by atoms with Gasteiger partial charge in [0.05, 0.1) is 6.10 Å². The number of aromatic nitrogens is 2. The summed E-state index contributed by atoms with van der Waals surface area (Å²) in [6, 6.07) is 2.23. The maximum atomic E-state index is 5.71. The fourth-order valence-corrected chi connectivity index (χ4v) is 1.75. The molecule has 1 unspecified atom stereocenters. The molecule has 1 fully saturated rings. The third kappa shape index (κ3) is 3.56. The lowest BCUT2D eigenvalue weighted by Gasteiger charge is -2.13. The van der Waals surface area contributed by atoms with Gasteiger partial charge >= 0.3 is 6.01 Å². The first-order valence-corrected chi connectivity index (χ1v) is 6.03. The van der Waals surface area contributed by atoms with Crippen molar-refractivity contribution in [1.29, 1.82) is 0 Å². The molecule has 1 N–H and O–H groups in total. The van der Waals surface area contributed by atoms with E-state index in [2.05, 4.69) is 15.3 Å². The first-order valence-electron chi connectivity index (χ1n) is 6.03. The van der Waals surface area contributed by atoms with Crippen LogP contribution in [0.5, 0.6) is 11.9 Å². The molecule has 5 nitrogen and oxygen atoms in total. The average molecular weight is 237 g/mol. The Morgan fingerprint density at radius 2 is 2.24 bits per heavy atom. The van der Waals surface area contributed by atoms with Crippen molar-refractivity contribution in [1.82, 2.24) is 15.3 Å². The van der Waals surface area contributed by atoms with Crippen molar-refractivity contribution in [2.75, 3.05) is 13.1 Å². The van der Waals surface area contributed by atoms with E-state index >= 15 is 0 Å². The molecule has 5 heteroatoms. The molecule has 0 amide bonds. The fraction of sp³-hybridized carbons (Fsp3) is 0.667. The molecule has 0 saturated carbocycles. The lowest BCUT2D eigenvalue weighted by atomic mass is 10.3. The van der Waals surface area contributed by atoms with Crippen LogP contribution in [0.4, 0.5) is 0 Å². The Hall–Kier alpha value is -1.36. The summed E-state index contributed by atoms with van der Waals surface area (Å²) in [4.78, 5) is 8.52. The summed E-state index contributed by atoms with van der Waals surface area (Å²) < 4.78 is 11.3. The Bertz CT molecular complexity index is 376. The molecular weight excluding hydrogens is 218 g/mol. The summed E-state index contributed by atoms with van der Waals surface area (Å²) in [6.45, 7) is 7.70. The van der Waals surface area contributed by atoms with Crippen LogP contribution in [-0.4, -0.2) is 35.3 Å². The Kier molecular flexibility index (Phi) is 3.78. The molecule has 0 aliphatic carbocycles. The zero-order valence-corrected chi connectivity index (χ0v) is 10.6. The molecule has 1 aliphatic rings. The predicted octanol–water partition coefficient (Wildman–Crippen LogP) is 1.31. The van der Waals surface area contributed by atoms with Crippen molar-refractivity contribution >= 4 is 0 Å². The van der Waals surface area contributed by atoms with Gasteiger partial charge in [0.25, 0.3) is 0 Å². The molecule has 0 bridgehead atoms. The number of hydrogen-bond donors (Lipinski definition) is 1. The van der Waals surface area contributed by atoms with E-state index < -0.39 is 0 Å². The second kappa shape index (κ2) is 5.31. The van der Waals surface area contributed by atoms with Crippen LogP contribution in [-0.2, 0) is 0 Å². The molecule has 0 spiro atoms. The largest absolute Gasteiger partial charge is 0.475 e. The van der Waals surface area contributed by atoms with Crippen molar-refractivity contribution in [3.8, 4) is 11.9 Å². The Morgan fingerprint density at radius 1 is 1.41 bits per heavy atom. The van der Waals surface area contributed by atoms with Gasteiger partial charge in [-0.15, -0.1) is 0 Å². The maximum Gasteiger partial charge on any atom is 0.320 e. The molecular formula is C12H19N3O2. The summed E-state index contributed by atoms with van der Waals surface area (Å²) in [5.41, 5.74) is 0.858. The summed E-state index contributed by atoms with van der Waals surface area (Å²) in [6.07, 6.45) is 1.27. The highest BCUT2D eigenvalue weighted by Gasteiger charge is 2.17. The minimum atomic E-state index is 0.102. The van der Waals surface area contributed by atoms with Gasteiger partial charge in [0.15, 0.2) is 0 Å². The van der Waals surface area contributed by atoms with Gasteiger partial charge in [-0.1, -0.05) is 0 Å². The highest BCUT2D eigenvalue weighted by Crippen LogP contribution is 2.17. The zero-order valence-electron chi connectivity index (χ0n) is 10.6. The minimum Gasteiger partial charge on any atom is -0.475 e. The van der Waals surface area contributed by atoms with E-state index in [0.29, 0.717) is 11.9 Å². The highest BCUT2D eigenvalue weighted by atomic mass is 16.5. The van der Waals surface area contributed by atoms with E-state index in [1.165, 1.54) is 0 Å². The van der Waals surface area contributed by atoms with Gasteiger partial charge in [-0.25, -0.2) is 4.98 Å². The van der Waals surface area contributed by atoms with E-state index in [4.69, 9.17) is 9.47 Å². The standard InChI is InChI=1S/C12H19N3O2/c1-8(2)16-11-6-9(3)14-12(15-11)17-10-4-5-13-7-10/h6,8,10,13H,4-5,7H2,1-3H3. The molecule has 2 rings (SSSR count). The van der Waals surface area contributed by atoms with E-state index in [-0.39, 0.29) is 12.2 Å². The van der Waals surface area contributed by atoms with E-state index in [9.17, 15) is 0 Å². The Labute approximate surface area is 102 Å². The molecule has 2 heterocycles. The van der Waals surface area contributed by atoms with Gasteiger partial charge in [-0.2, -0.15) is 4.98 Å². The molecule has 1 atom stereocenters. The highest BCUT2D eigenvalue weighted by molar-refractivity contribution is 5.18. The second-order valence-corrected chi connectivity index (χ2v) is 4.53. The summed E-state index contributed by atoms with van der Waals surface area (Å²) in [7, 11) is 0. The van der Waals surface area contributed by atoms with Crippen molar-refractivity contribution in [2.24, 2.45) is 0 Å². The van der Waals surface area contributed by atoms with Crippen molar-refractivity contribution in [3.63, 3.8) is 0 Å². The van der Waals surface area contributed by atoms with Crippen molar-refractivity contribution in [2.45, 2.75) is 39.4 Å². The minimum absolute atomic E-state index is 0.102. The number of nitrogens with zero attached hydrogens (tertiary/aromatic N) is 2. The maximum absolute atomic E-state index is 5.71. The molecule has 1 aliphatic heterocycles. The van der Waals surface area contributed by atoms with Crippen molar-refractivity contribution in [3.05, 3.63) is 11.8 Å². The normalized spacial score (nSPS) is 19.6. The van der Waals surface area contributed by atoms with Gasteiger partial charge < -0.3 is 14.8 Å². The van der Waals surface area contributed by atoms with E-state index in [0.717, 1.165) is 25.2 Å². The topological polar surface area (TPSA) is 56.3 Å². The molecule has 94 valence electrons. The van der Waals surface area contributed by atoms with Crippen LogP contribution >= 0.6 is 0 Å². The molecule has 1 aromatic rings. The molecule has 0 radical (unpaired) electrons. The summed E-state index contributed by atoms with van der Waals surface area (Å²) >= 11 is 0. The summed E-state index contributed by atoms with van der Waals surface area (Å²) in [5, 5.41) is 3.24. The smallest absolute Gasteiger partial charge is 0.320 e. The third-order valence-electron chi connectivity index (χ3n) is 2.45. The van der Waals surface area contributed by atoms with Crippen LogP contribution in [0.2, 0.25) is 0 Å². The quantitative estimate of drug-likeness (QED) is 0.855. The molecule has 1 aromatic heterocycles. The summed E-state index contributed by atoms with van der Waals surface area (Å²) in [5.74, 6) is 0.577. The predicted molar refractivity (Wildman–Crippen MR) is 64.4 cm³/mol. The van der Waals surface area contributed by atoms with Gasteiger partial charge in [0, 0.05) is 18.3 Å². The van der Waals surface area contributed by atoms with Crippen molar-refractivity contribution < 1.29 is 9.47 Å². The van der Waals surface area contributed by atoms with Crippen LogP contribution in [0.3, 0.4) is 0 Å². The van der Waals surface area contributed by atoms with Crippen LogP contribution in [0.15, 0.2) is 6.07 Å². The number of ether oxygens (including phenoxy) is 2. The average Bonchev–Trinajstić information content (AvgIpc) is 2.67. The van der Waals surface area contributed by atoms with E-state index in [1.54, 1.807) is 0 Å². The second-order valence-electron chi connectivity index (χ2n) is 4.53. The van der Waals surface area contributed by atoms with Gasteiger partial charge in [-0.3, -0.25) is 0 Å². The zero-order chi connectivity index (χ0) is 12.3. The number of rotatable bonds is 4. The van der Waals surface area contributed by atoms with Crippen LogP contribution in [0, 0.1) is 6.92 Å².